The number of hydrogen-bond donors (Lipinski definition) is 1. The third-order valence-electron chi connectivity index (χ3n) is 4.39. The average molecular weight is 424 g/mol. The molecule has 1 aliphatic rings. The van der Waals surface area contributed by atoms with Crippen molar-refractivity contribution in [2.45, 2.75) is 31.4 Å². The van der Waals surface area contributed by atoms with Crippen LogP contribution in [-0.2, 0) is 4.79 Å². The fourth-order valence-corrected chi connectivity index (χ4v) is 4.23. The number of rotatable bonds is 5. The standard InChI is InChI=1S/C19H19BrFNO2S/c20-14-6-7-16(21)13(11-14)5-8-19(24)22-9-1-3-15(22)12-17(23)18-4-2-10-25-18/h2,4-8,10-11,15,17,23H,1,3,9,12H2. The van der Waals surface area contributed by atoms with E-state index in [0.29, 0.717) is 18.5 Å². The number of likely N-dealkylation sites (tertiary alicyclic amines) is 1. The summed E-state index contributed by atoms with van der Waals surface area (Å²) in [7, 11) is 0. The zero-order valence-corrected chi connectivity index (χ0v) is 16.0. The maximum Gasteiger partial charge on any atom is 0.246 e. The second kappa shape index (κ2) is 8.25. The lowest BCUT2D eigenvalue weighted by atomic mass is 10.1. The molecule has 6 heteroatoms. The van der Waals surface area contributed by atoms with Gasteiger partial charge in [0, 0.05) is 33.6 Å². The monoisotopic (exact) mass is 423 g/mol. The second-order valence-electron chi connectivity index (χ2n) is 6.09. The van der Waals surface area contributed by atoms with Crippen LogP contribution in [0.4, 0.5) is 4.39 Å². The number of halogens is 2. The molecule has 1 aromatic carbocycles. The van der Waals surface area contributed by atoms with Crippen LogP contribution in [-0.4, -0.2) is 28.5 Å². The number of thiophene rings is 1. The van der Waals surface area contributed by atoms with E-state index >= 15 is 0 Å². The predicted molar refractivity (Wildman–Crippen MR) is 102 cm³/mol. The van der Waals surface area contributed by atoms with E-state index in [2.05, 4.69) is 15.9 Å². The molecule has 0 saturated carbocycles. The van der Waals surface area contributed by atoms with Gasteiger partial charge in [0.1, 0.15) is 5.82 Å². The fraction of sp³-hybridized carbons (Fsp3) is 0.316. The summed E-state index contributed by atoms with van der Waals surface area (Å²) in [5, 5.41) is 12.3. The Morgan fingerprint density at radius 2 is 2.32 bits per heavy atom. The van der Waals surface area contributed by atoms with Crippen molar-refractivity contribution < 1.29 is 14.3 Å². The van der Waals surface area contributed by atoms with Gasteiger partial charge in [0.2, 0.25) is 5.91 Å². The molecular weight excluding hydrogens is 405 g/mol. The molecule has 132 valence electrons. The lowest BCUT2D eigenvalue weighted by molar-refractivity contribution is -0.127. The van der Waals surface area contributed by atoms with E-state index in [1.165, 1.54) is 29.6 Å². The summed E-state index contributed by atoms with van der Waals surface area (Å²) in [5.74, 6) is -0.501. The Morgan fingerprint density at radius 1 is 1.48 bits per heavy atom. The highest BCUT2D eigenvalue weighted by Crippen LogP contribution is 2.29. The third-order valence-corrected chi connectivity index (χ3v) is 5.86. The minimum absolute atomic E-state index is 0.0154. The number of hydrogen-bond acceptors (Lipinski definition) is 3. The van der Waals surface area contributed by atoms with Gasteiger partial charge in [0.15, 0.2) is 0 Å². The van der Waals surface area contributed by atoms with Gasteiger partial charge in [-0.05, 0) is 55.0 Å². The molecule has 1 aromatic heterocycles. The largest absolute Gasteiger partial charge is 0.387 e. The zero-order chi connectivity index (χ0) is 17.8. The van der Waals surface area contributed by atoms with Crippen LogP contribution >= 0.6 is 27.3 Å². The van der Waals surface area contributed by atoms with Gasteiger partial charge in [-0.3, -0.25) is 4.79 Å². The smallest absolute Gasteiger partial charge is 0.246 e. The van der Waals surface area contributed by atoms with Crippen LogP contribution in [0.3, 0.4) is 0 Å². The first kappa shape index (κ1) is 18.3. The quantitative estimate of drug-likeness (QED) is 0.702. The van der Waals surface area contributed by atoms with Crippen LogP contribution in [0.25, 0.3) is 6.08 Å². The summed E-state index contributed by atoms with van der Waals surface area (Å²) < 4.78 is 14.5. The highest BCUT2D eigenvalue weighted by Gasteiger charge is 2.29. The Bertz CT molecular complexity index is 763. The minimum Gasteiger partial charge on any atom is -0.387 e. The van der Waals surface area contributed by atoms with Crippen molar-refractivity contribution in [3.05, 3.63) is 62.5 Å². The molecule has 2 heterocycles. The van der Waals surface area contributed by atoms with E-state index < -0.39 is 6.10 Å². The van der Waals surface area contributed by atoms with Gasteiger partial charge in [0.25, 0.3) is 0 Å². The molecule has 1 N–H and O–H groups in total. The SMILES string of the molecule is O=C(C=Cc1cc(Br)ccc1F)N1CCCC1CC(O)c1cccs1. The predicted octanol–water partition coefficient (Wildman–Crippen LogP) is 4.78. The first-order valence-electron chi connectivity index (χ1n) is 8.20. The van der Waals surface area contributed by atoms with Crippen LogP contribution in [0.2, 0.25) is 0 Å². The molecule has 0 radical (unpaired) electrons. The molecule has 0 bridgehead atoms. The van der Waals surface area contributed by atoms with Crippen LogP contribution in [0.5, 0.6) is 0 Å². The summed E-state index contributed by atoms with van der Waals surface area (Å²) in [6, 6.07) is 8.46. The molecule has 0 spiro atoms. The Labute approximate surface area is 158 Å². The average Bonchev–Trinajstić information content (AvgIpc) is 3.27. The Morgan fingerprint density at radius 3 is 3.08 bits per heavy atom. The number of carbonyl (C=O) groups is 1. The lowest BCUT2D eigenvalue weighted by Crippen LogP contribution is -2.35. The molecule has 2 aromatic rings. The number of aliphatic hydroxyl groups is 1. The number of nitrogens with zero attached hydrogens (tertiary/aromatic N) is 1. The Balaban J connectivity index is 1.66. The normalized spacial score (nSPS) is 18.8. The summed E-state index contributed by atoms with van der Waals surface area (Å²) >= 11 is 4.82. The number of aliphatic hydroxyl groups excluding tert-OH is 1. The molecule has 0 aliphatic carbocycles. The molecular formula is C19H19BrFNO2S. The van der Waals surface area contributed by atoms with E-state index in [0.717, 1.165) is 22.2 Å². The van der Waals surface area contributed by atoms with Gasteiger partial charge in [-0.25, -0.2) is 4.39 Å². The van der Waals surface area contributed by atoms with E-state index in [1.807, 2.05) is 17.5 Å². The second-order valence-corrected chi connectivity index (χ2v) is 7.99. The summed E-state index contributed by atoms with van der Waals surface area (Å²) in [6.45, 7) is 0.673. The topological polar surface area (TPSA) is 40.5 Å². The summed E-state index contributed by atoms with van der Waals surface area (Å²) in [5.41, 5.74) is 0.372. The summed E-state index contributed by atoms with van der Waals surface area (Å²) in [4.78, 5) is 15.2. The van der Waals surface area contributed by atoms with Crippen molar-refractivity contribution in [2.75, 3.05) is 6.54 Å². The van der Waals surface area contributed by atoms with Crippen molar-refractivity contribution in [2.24, 2.45) is 0 Å². The Kier molecular flexibility index (Phi) is 6.04. The van der Waals surface area contributed by atoms with Crippen LogP contribution in [0.15, 0.2) is 46.3 Å². The van der Waals surface area contributed by atoms with Gasteiger partial charge in [-0.15, -0.1) is 11.3 Å². The van der Waals surface area contributed by atoms with E-state index in [1.54, 1.807) is 17.0 Å². The van der Waals surface area contributed by atoms with Gasteiger partial charge in [0.05, 0.1) is 6.10 Å². The van der Waals surface area contributed by atoms with E-state index in [9.17, 15) is 14.3 Å². The van der Waals surface area contributed by atoms with Crippen molar-refractivity contribution in [1.82, 2.24) is 4.90 Å². The number of amides is 1. The van der Waals surface area contributed by atoms with E-state index in [-0.39, 0.29) is 17.8 Å². The minimum atomic E-state index is -0.551. The van der Waals surface area contributed by atoms with Crippen molar-refractivity contribution in [1.29, 1.82) is 0 Å². The van der Waals surface area contributed by atoms with Crippen molar-refractivity contribution in [3.63, 3.8) is 0 Å². The highest BCUT2D eigenvalue weighted by atomic mass is 79.9. The Hall–Kier alpha value is -1.50. The van der Waals surface area contributed by atoms with Crippen LogP contribution in [0, 0.1) is 5.82 Å². The molecule has 25 heavy (non-hydrogen) atoms. The van der Waals surface area contributed by atoms with Crippen molar-refractivity contribution in [3.8, 4) is 0 Å². The molecule has 3 nitrogen and oxygen atoms in total. The van der Waals surface area contributed by atoms with Gasteiger partial charge < -0.3 is 10.0 Å². The zero-order valence-electron chi connectivity index (χ0n) is 13.6. The summed E-state index contributed by atoms with van der Waals surface area (Å²) in [6.07, 6.45) is 4.71. The fourth-order valence-electron chi connectivity index (χ4n) is 3.12. The van der Waals surface area contributed by atoms with Crippen LogP contribution < -0.4 is 0 Å². The number of benzene rings is 1. The number of carbonyl (C=O) groups excluding carboxylic acids is 1. The molecule has 1 saturated heterocycles. The molecule has 1 aliphatic heterocycles. The highest BCUT2D eigenvalue weighted by molar-refractivity contribution is 9.10. The molecule has 2 unspecified atom stereocenters. The maximum atomic E-state index is 13.8. The van der Waals surface area contributed by atoms with Gasteiger partial charge in [-0.1, -0.05) is 22.0 Å². The van der Waals surface area contributed by atoms with Crippen molar-refractivity contribution >= 4 is 39.2 Å². The first-order chi connectivity index (χ1) is 12.0. The van der Waals surface area contributed by atoms with E-state index in [4.69, 9.17) is 0 Å². The van der Waals surface area contributed by atoms with Gasteiger partial charge >= 0.3 is 0 Å². The first-order valence-corrected chi connectivity index (χ1v) is 9.87. The van der Waals surface area contributed by atoms with Crippen LogP contribution in [0.1, 0.15) is 35.8 Å². The molecule has 1 fully saturated rings. The van der Waals surface area contributed by atoms with Gasteiger partial charge in [-0.2, -0.15) is 0 Å². The molecule has 2 atom stereocenters. The maximum absolute atomic E-state index is 13.8. The third kappa shape index (κ3) is 4.57. The molecule has 3 rings (SSSR count). The lowest BCUT2D eigenvalue weighted by Gasteiger charge is -2.25. The molecule has 1 amide bonds.